The third-order valence-electron chi connectivity index (χ3n) is 3.78. The van der Waals surface area contributed by atoms with E-state index in [1.54, 1.807) is 23.0 Å². The van der Waals surface area contributed by atoms with E-state index in [4.69, 9.17) is 0 Å². The molecule has 2 heterocycles. The van der Waals surface area contributed by atoms with Gasteiger partial charge in [0.25, 0.3) is 0 Å². The minimum Gasteiger partial charge on any atom is -0.352 e. The van der Waals surface area contributed by atoms with Gasteiger partial charge < -0.3 is 4.90 Å². The minimum atomic E-state index is -0.231. The average Bonchev–Trinajstić information content (AvgIpc) is 2.88. The van der Waals surface area contributed by atoms with Crippen molar-refractivity contribution in [1.29, 1.82) is 0 Å². The van der Waals surface area contributed by atoms with Crippen LogP contribution in [0.1, 0.15) is 18.5 Å². The first-order valence-corrected chi connectivity index (χ1v) is 6.69. The molecule has 5 nitrogen and oxygen atoms in total. The molecule has 3 rings (SSSR count). The average molecular weight is 285 g/mol. The Hall–Kier alpha value is -2.50. The fourth-order valence-corrected chi connectivity index (χ4v) is 2.38. The Balaban J connectivity index is 2.00. The number of rotatable bonds is 3. The zero-order chi connectivity index (χ0) is 15.0. The van der Waals surface area contributed by atoms with Crippen LogP contribution in [0, 0.1) is 5.82 Å². The number of hydrogen-bond acceptors (Lipinski definition) is 4. The Kier molecular flexibility index (Phi) is 3.29. The van der Waals surface area contributed by atoms with Crippen molar-refractivity contribution in [2.24, 2.45) is 7.05 Å². The van der Waals surface area contributed by atoms with Crippen LogP contribution in [0.4, 0.5) is 10.2 Å². The normalized spacial score (nSPS) is 12.6. The van der Waals surface area contributed by atoms with E-state index in [1.807, 2.05) is 19.0 Å². The lowest BCUT2D eigenvalue weighted by atomic mass is 10.1. The molecule has 0 spiro atoms. The molecule has 3 aromatic rings. The van der Waals surface area contributed by atoms with Crippen LogP contribution in [-0.2, 0) is 7.05 Å². The molecule has 1 atom stereocenters. The van der Waals surface area contributed by atoms with E-state index in [-0.39, 0.29) is 11.9 Å². The van der Waals surface area contributed by atoms with Crippen molar-refractivity contribution in [1.82, 2.24) is 19.7 Å². The van der Waals surface area contributed by atoms with Gasteiger partial charge in [0.05, 0.1) is 17.6 Å². The Morgan fingerprint density at radius 3 is 2.62 bits per heavy atom. The zero-order valence-electron chi connectivity index (χ0n) is 12.2. The molecule has 0 saturated heterocycles. The quantitative estimate of drug-likeness (QED) is 0.742. The van der Waals surface area contributed by atoms with Crippen molar-refractivity contribution in [3.05, 3.63) is 48.2 Å². The molecular weight excluding hydrogens is 269 g/mol. The number of hydrogen-bond donors (Lipinski definition) is 0. The molecule has 0 aliphatic heterocycles. The molecule has 0 aliphatic carbocycles. The maximum absolute atomic E-state index is 13.0. The summed E-state index contributed by atoms with van der Waals surface area (Å²) in [5.41, 5.74) is 1.81. The number of nitrogens with zero attached hydrogens (tertiary/aromatic N) is 5. The van der Waals surface area contributed by atoms with Crippen LogP contribution in [0.25, 0.3) is 11.0 Å². The van der Waals surface area contributed by atoms with Crippen LogP contribution in [0.2, 0.25) is 0 Å². The first-order chi connectivity index (χ1) is 10.1. The van der Waals surface area contributed by atoms with Gasteiger partial charge in [0.2, 0.25) is 0 Å². The number of benzene rings is 1. The van der Waals surface area contributed by atoms with Gasteiger partial charge in [-0.3, -0.25) is 4.68 Å². The number of aryl methyl sites for hydroxylation is 1. The van der Waals surface area contributed by atoms with Crippen molar-refractivity contribution < 1.29 is 4.39 Å². The van der Waals surface area contributed by atoms with E-state index >= 15 is 0 Å². The first-order valence-electron chi connectivity index (χ1n) is 6.69. The lowest BCUT2D eigenvalue weighted by Crippen LogP contribution is -2.23. The van der Waals surface area contributed by atoms with Crippen molar-refractivity contribution in [3.63, 3.8) is 0 Å². The van der Waals surface area contributed by atoms with Gasteiger partial charge in [-0.05, 0) is 24.6 Å². The third kappa shape index (κ3) is 2.33. The lowest BCUT2D eigenvalue weighted by molar-refractivity contribution is 0.625. The van der Waals surface area contributed by atoms with E-state index < -0.39 is 0 Å². The summed E-state index contributed by atoms with van der Waals surface area (Å²) in [6.07, 6.45) is 3.30. The third-order valence-corrected chi connectivity index (χ3v) is 3.78. The van der Waals surface area contributed by atoms with Gasteiger partial charge in [0.1, 0.15) is 18.0 Å². The molecule has 108 valence electrons. The fourth-order valence-electron chi connectivity index (χ4n) is 2.38. The molecule has 0 radical (unpaired) electrons. The Labute approximate surface area is 122 Å². The van der Waals surface area contributed by atoms with Crippen molar-refractivity contribution in [3.8, 4) is 0 Å². The smallest absolute Gasteiger partial charge is 0.163 e. The fraction of sp³-hybridized carbons (Fsp3) is 0.267. The SMILES string of the molecule is CC(c1ccc(F)cc1)N(C)c1ncnc2c1cnn2C. The van der Waals surface area contributed by atoms with Gasteiger partial charge in [-0.2, -0.15) is 5.10 Å². The number of fused-ring (bicyclic) bond motifs is 1. The standard InChI is InChI=1S/C15H16FN5/c1-10(11-4-6-12(16)7-5-11)20(2)14-13-8-19-21(3)15(13)18-9-17-14/h4-10H,1-3H3. The highest BCUT2D eigenvalue weighted by Gasteiger charge is 2.17. The van der Waals surface area contributed by atoms with Gasteiger partial charge in [-0.25, -0.2) is 14.4 Å². The second-order valence-electron chi connectivity index (χ2n) is 5.04. The number of aromatic nitrogens is 4. The van der Waals surface area contributed by atoms with Gasteiger partial charge in [0, 0.05) is 14.1 Å². The number of anilines is 1. The molecule has 0 amide bonds. The monoisotopic (exact) mass is 285 g/mol. The summed E-state index contributed by atoms with van der Waals surface area (Å²) < 4.78 is 14.8. The molecule has 0 fully saturated rings. The maximum Gasteiger partial charge on any atom is 0.163 e. The molecule has 0 N–H and O–H groups in total. The van der Waals surface area contributed by atoms with Crippen molar-refractivity contribution in [2.75, 3.05) is 11.9 Å². The van der Waals surface area contributed by atoms with Crippen LogP contribution in [-0.4, -0.2) is 26.8 Å². The van der Waals surface area contributed by atoms with Crippen LogP contribution >= 0.6 is 0 Å². The predicted molar refractivity (Wildman–Crippen MR) is 79.5 cm³/mol. The van der Waals surface area contributed by atoms with E-state index in [0.717, 1.165) is 22.4 Å². The summed E-state index contributed by atoms with van der Waals surface area (Å²) in [6.45, 7) is 2.05. The second kappa shape index (κ2) is 5.12. The predicted octanol–water partition coefficient (Wildman–Crippen LogP) is 2.70. The number of halogens is 1. The summed E-state index contributed by atoms with van der Waals surface area (Å²) in [6, 6.07) is 6.58. The van der Waals surface area contributed by atoms with Crippen molar-refractivity contribution >= 4 is 16.9 Å². The summed E-state index contributed by atoms with van der Waals surface area (Å²) in [5, 5.41) is 5.12. The second-order valence-corrected chi connectivity index (χ2v) is 5.04. The minimum absolute atomic E-state index is 0.0592. The van der Waals surface area contributed by atoms with Crippen LogP contribution in [0.5, 0.6) is 0 Å². The maximum atomic E-state index is 13.0. The zero-order valence-corrected chi connectivity index (χ0v) is 12.2. The Morgan fingerprint density at radius 1 is 1.19 bits per heavy atom. The molecule has 0 saturated carbocycles. The van der Waals surface area contributed by atoms with Crippen LogP contribution in [0.15, 0.2) is 36.8 Å². The van der Waals surface area contributed by atoms with Crippen LogP contribution < -0.4 is 4.90 Å². The molecule has 1 aromatic carbocycles. The molecule has 21 heavy (non-hydrogen) atoms. The summed E-state index contributed by atoms with van der Waals surface area (Å²) in [7, 11) is 3.81. The van der Waals surface area contributed by atoms with Gasteiger partial charge in [0.15, 0.2) is 5.65 Å². The van der Waals surface area contributed by atoms with E-state index in [1.165, 1.54) is 18.5 Å². The summed E-state index contributed by atoms with van der Waals surface area (Å²) >= 11 is 0. The highest BCUT2D eigenvalue weighted by atomic mass is 19.1. The van der Waals surface area contributed by atoms with Gasteiger partial charge in [-0.1, -0.05) is 12.1 Å². The molecule has 2 aromatic heterocycles. The van der Waals surface area contributed by atoms with Crippen LogP contribution in [0.3, 0.4) is 0 Å². The molecule has 1 unspecified atom stereocenters. The molecule has 0 aliphatic rings. The van der Waals surface area contributed by atoms with E-state index in [2.05, 4.69) is 22.0 Å². The summed E-state index contributed by atoms with van der Waals surface area (Å²) in [4.78, 5) is 10.7. The lowest BCUT2D eigenvalue weighted by Gasteiger charge is -2.26. The molecular formula is C15H16FN5. The Bertz CT molecular complexity index is 765. The largest absolute Gasteiger partial charge is 0.352 e. The van der Waals surface area contributed by atoms with E-state index in [0.29, 0.717) is 0 Å². The highest BCUT2D eigenvalue weighted by Crippen LogP contribution is 2.28. The van der Waals surface area contributed by atoms with Crippen molar-refractivity contribution in [2.45, 2.75) is 13.0 Å². The summed E-state index contributed by atoms with van der Waals surface area (Å²) in [5.74, 6) is 0.579. The topological polar surface area (TPSA) is 46.8 Å². The first kappa shape index (κ1) is 13.5. The van der Waals surface area contributed by atoms with E-state index in [9.17, 15) is 4.39 Å². The Morgan fingerprint density at radius 2 is 1.90 bits per heavy atom. The highest BCUT2D eigenvalue weighted by molar-refractivity contribution is 5.86. The molecule has 6 heteroatoms. The van der Waals surface area contributed by atoms with Gasteiger partial charge in [-0.15, -0.1) is 0 Å². The molecule has 0 bridgehead atoms. The van der Waals surface area contributed by atoms with Gasteiger partial charge >= 0.3 is 0 Å².